The molecular formula is C84H69Br5ILiNaO14P11. The average Bonchev–Trinajstić information content (AvgIpc) is 1.75. The largest absolute Gasteiger partial charge is 1.00 e. The molecular weight excluding hydrogens is 2130 g/mol. The predicted octanol–water partition coefficient (Wildman–Crippen LogP) is 11.1. The van der Waals surface area contributed by atoms with Crippen molar-refractivity contribution in [3.8, 4) is 154 Å². The summed E-state index contributed by atoms with van der Waals surface area (Å²) < 4.78 is 72.8. The Bertz CT molecular complexity index is 4890. The molecule has 0 aliphatic carbocycles. The monoisotopic (exact) mass is 2190 g/mol. The molecule has 3 aliphatic heterocycles. The molecule has 117 heavy (non-hydrogen) atoms. The van der Waals surface area contributed by atoms with Crippen molar-refractivity contribution in [2.45, 2.75) is 31.9 Å². The minimum absolute atomic E-state index is 0. The molecule has 33 heteroatoms. The van der Waals surface area contributed by atoms with Gasteiger partial charge in [-0.05, 0) is 251 Å². The summed E-state index contributed by atoms with van der Waals surface area (Å²) in [7, 11) is 20.4. The van der Waals surface area contributed by atoms with E-state index in [1.165, 1.54) is 0 Å². The maximum atomic E-state index is 10.2. The number of para-hydroxylation sites is 5. The first kappa shape index (κ1) is 111. The smallest absolute Gasteiger partial charge is 0.506 e. The van der Waals surface area contributed by atoms with Crippen LogP contribution in [0.4, 0.5) is 0 Å². The van der Waals surface area contributed by atoms with Crippen molar-refractivity contribution in [1.82, 2.24) is 0 Å². The second-order valence-corrected chi connectivity index (χ2v) is 60.9. The molecule has 588 valence electrons. The molecule has 0 spiro atoms. The van der Waals surface area contributed by atoms with E-state index < -0.39 is 26.2 Å². The van der Waals surface area contributed by atoms with E-state index in [1.807, 2.05) is 206 Å². The van der Waals surface area contributed by atoms with Crippen LogP contribution in [0.3, 0.4) is 0 Å². The standard InChI is InChI=1S/3C13H9BrO2.C13H11BrO2.C10H2.C9H4.C7H5BrO2.C6H5.IO4.Li.Na.H8P6.H7P5/c3*14-10-7-4-8-11-12(10)16-13(15-11)9-5-2-1-3-6-9;14-11-8-4-7-10(13(11)16)12(15)9-5-2-1-3-6-9;1-3-5-7-9-10-8-6-4-2;1-3-5-7-9-8-6-4-2;8-6-3-1-2-5(4-9)7(6)10;1-2-4-6-5-3-1;2-1(3,4)5;;;1-5(2)6(3)4;1-4-5(2)3/h3*1-8,13H;1-8,12,15-16H;1-2H;1H,2H3;1-4,10H;1-5H;;;;1-4H2;4H,1-3H2/q;;;;;;;2*-1;2*+1;;. The Morgan fingerprint density at radius 1 is 0.444 bits per heavy atom. The molecule has 3 N–H and O–H groups in total. The zero-order chi connectivity index (χ0) is 84.8. The number of phenols is 2. The van der Waals surface area contributed by atoms with Gasteiger partial charge in [0.15, 0.2) is 40.8 Å². The number of fused-ring (bicyclic) bond motifs is 3. The van der Waals surface area contributed by atoms with E-state index in [1.54, 1.807) is 43.3 Å². The third kappa shape index (κ3) is 47.1. The van der Waals surface area contributed by atoms with Gasteiger partial charge in [0.05, 0.1) is 27.9 Å². The number of aliphatic hydroxyl groups is 1. The number of terminal acetylenes is 3. The summed E-state index contributed by atoms with van der Waals surface area (Å²) in [6.07, 6.45) is 13.2. The van der Waals surface area contributed by atoms with E-state index in [9.17, 15) is 15.0 Å². The average molecular weight is 2200 g/mol. The number of rotatable bonds is 8. The van der Waals surface area contributed by atoms with E-state index in [0.717, 1.165) is 78.1 Å². The predicted molar refractivity (Wildman–Crippen MR) is 502 cm³/mol. The number of hydrogen-bond donors (Lipinski definition) is 3. The number of ether oxygens (including phenoxy) is 6. The van der Waals surface area contributed by atoms with Crippen molar-refractivity contribution in [3.05, 3.63) is 304 Å². The Kier molecular flexibility index (Phi) is 62.5. The van der Waals surface area contributed by atoms with Gasteiger partial charge in [0.1, 0.15) is 37.7 Å². The number of aliphatic hydroxyl groups excluding tert-OH is 1. The molecule has 10 aromatic rings. The molecule has 3 heterocycles. The fourth-order valence-electron chi connectivity index (χ4n) is 7.99. The summed E-state index contributed by atoms with van der Waals surface area (Å²) in [5, 5.41) is 29.1. The van der Waals surface area contributed by atoms with Crippen LogP contribution in [0.5, 0.6) is 46.0 Å². The first-order chi connectivity index (χ1) is 55.2. The van der Waals surface area contributed by atoms with E-state index in [4.69, 9.17) is 66.5 Å². The summed E-state index contributed by atoms with van der Waals surface area (Å²) in [6, 6.07) is 78.9. The summed E-state index contributed by atoms with van der Waals surface area (Å²) in [6.45, 7) is 2.27. The first-order valence-electron chi connectivity index (χ1n) is 32.0. The topological polar surface area (TPSA) is 225 Å². The first-order valence-corrected chi connectivity index (χ1v) is 57.6. The Hall–Kier alpha value is -4.43. The van der Waals surface area contributed by atoms with E-state index in [0.29, 0.717) is 26.4 Å². The van der Waals surface area contributed by atoms with Gasteiger partial charge in [-0.2, -0.15) is 36.4 Å². The van der Waals surface area contributed by atoms with Crippen LogP contribution >= 0.6 is 171 Å². The number of carbonyl (C=O) groups is 1. The minimum Gasteiger partial charge on any atom is -0.506 e. The second-order valence-electron chi connectivity index (χ2n) is 20.7. The minimum atomic E-state index is -5.94. The maximum absolute atomic E-state index is 10.2. The fraction of sp³-hybridized carbons (Fsp3) is 0.0595. The van der Waals surface area contributed by atoms with Gasteiger partial charge in [-0.25, -0.2) is 0 Å². The zero-order valence-corrected chi connectivity index (χ0v) is 86.0. The van der Waals surface area contributed by atoms with Gasteiger partial charge in [-0.3, -0.25) is 18.5 Å². The normalized spacial score (nSPS) is 12.2. The molecule has 3 aliphatic rings. The van der Waals surface area contributed by atoms with Crippen LogP contribution in [0.15, 0.2) is 265 Å². The molecule has 10 aromatic carbocycles. The van der Waals surface area contributed by atoms with Crippen molar-refractivity contribution in [3.63, 3.8) is 0 Å². The number of aldehydes is 1. The summed E-state index contributed by atoms with van der Waals surface area (Å²) >= 11 is 10.7. The van der Waals surface area contributed by atoms with Crippen LogP contribution < -0.4 is 111 Å². The number of halogens is 6. The van der Waals surface area contributed by atoms with Crippen LogP contribution in [0.1, 0.15) is 70.1 Å². The van der Waals surface area contributed by atoms with Gasteiger partial charge in [0.25, 0.3) is 18.9 Å². The van der Waals surface area contributed by atoms with E-state index in [2.05, 4.69) is 237 Å². The third-order valence-corrected chi connectivity index (χ3v) is 49.3. The molecule has 0 bridgehead atoms. The number of carbonyl (C=O) groups excluding carboxylic acids is 1. The molecule has 0 aromatic heterocycles. The van der Waals surface area contributed by atoms with Crippen LogP contribution in [0.2, 0.25) is 0 Å². The van der Waals surface area contributed by atoms with Crippen LogP contribution in [0.25, 0.3) is 0 Å². The number of phenolic OH excluding ortho intramolecular Hbond substituents is 2. The Balaban J connectivity index is 0.000000658. The Morgan fingerprint density at radius 2 is 0.735 bits per heavy atom. The quantitative estimate of drug-likeness (QED) is 0.0321. The van der Waals surface area contributed by atoms with Gasteiger partial charge < -0.3 is 43.7 Å². The van der Waals surface area contributed by atoms with Crippen molar-refractivity contribution < 1.29 is 131 Å². The molecule has 0 saturated heterocycles. The van der Waals surface area contributed by atoms with Crippen LogP contribution in [0, 0.1) is 114 Å². The second kappa shape index (κ2) is 66.2. The molecule has 0 radical (unpaired) electrons. The van der Waals surface area contributed by atoms with Crippen molar-refractivity contribution >= 4 is 177 Å². The SMILES string of the molecule is Brc1cccc2c1OC(c1ccccc1)O2.Brc1cccc2c1OC(c1ccccc1)O2.Brc1cccc2c1OC(c1ccccc1)O2.C#CC#CC#CC#CC.C#CC#CC#CC#CC#C.O=Cc1cccc(Br)c1O.Oc1c(Br)cccc1C(O)c1ccccc1.PP(P)P(P)P.PPP(P)P.[Li+].[Na+].[O-][I+3]([O-])([O-])[O-].[c-]1ccccc1. The van der Waals surface area contributed by atoms with Crippen molar-refractivity contribution in [2.24, 2.45) is 0 Å². The van der Waals surface area contributed by atoms with Crippen LogP contribution in [-0.2, 0) is 0 Å². The van der Waals surface area contributed by atoms with Gasteiger partial charge in [-0.15, -0.1) is 81.8 Å². The fourth-order valence-corrected chi connectivity index (χ4v) is 10.1. The summed E-state index contributed by atoms with van der Waals surface area (Å²) in [5.74, 6) is 40.1. The number of hydrogen-bond acceptors (Lipinski definition) is 14. The molecule has 0 fully saturated rings. The van der Waals surface area contributed by atoms with E-state index in [-0.39, 0.29) is 99.7 Å². The molecule has 0 saturated carbocycles. The summed E-state index contributed by atoms with van der Waals surface area (Å²) in [4.78, 5) is 10.2. The molecule has 12 atom stereocenters. The van der Waals surface area contributed by atoms with Gasteiger partial charge >= 0.3 is 48.4 Å². The number of benzene rings is 10. The molecule has 13 rings (SSSR count). The number of aromatic hydroxyl groups is 2. The molecule has 0 amide bonds. The van der Waals surface area contributed by atoms with Crippen molar-refractivity contribution in [1.29, 1.82) is 0 Å². The van der Waals surface area contributed by atoms with Gasteiger partial charge in [0.2, 0.25) is 0 Å². The summed E-state index contributed by atoms with van der Waals surface area (Å²) in [5.41, 5.74) is 4.62. The third-order valence-electron chi connectivity index (χ3n) is 12.9. The van der Waals surface area contributed by atoms with E-state index >= 15 is 0 Å². The Labute approximate surface area is 789 Å². The zero-order valence-electron chi connectivity index (χ0n) is 62.2. The molecule has 14 nitrogen and oxygen atoms in total. The van der Waals surface area contributed by atoms with Crippen molar-refractivity contribution in [2.75, 3.05) is 0 Å². The van der Waals surface area contributed by atoms with Crippen LogP contribution in [-0.4, -0.2) is 21.6 Å². The van der Waals surface area contributed by atoms with Gasteiger partial charge in [-0.1, -0.05) is 172 Å². The maximum Gasteiger partial charge on any atom is 1.00 e. The molecule has 12 unspecified atom stereocenters. The van der Waals surface area contributed by atoms with Gasteiger partial charge in [0, 0.05) is 22.3 Å². The Morgan fingerprint density at radius 3 is 1.01 bits per heavy atom.